The van der Waals surface area contributed by atoms with Crippen molar-refractivity contribution in [3.8, 4) is 0 Å². The maximum absolute atomic E-state index is 8.22. The smallest absolute Gasteiger partial charge is 0.155 e. The Labute approximate surface area is 82.9 Å². The van der Waals surface area contributed by atoms with Crippen LogP contribution < -0.4 is 0 Å². The van der Waals surface area contributed by atoms with Crippen LogP contribution in [0.15, 0.2) is 12.7 Å². The third kappa shape index (κ3) is 2.40. The normalized spacial score (nSPS) is 7.43. The van der Waals surface area contributed by atoms with Gasteiger partial charge in [-0.3, -0.25) is 0 Å². The van der Waals surface area contributed by atoms with Crippen molar-refractivity contribution in [3.63, 3.8) is 0 Å². The monoisotopic (exact) mass is 124 g/mol. The van der Waals surface area contributed by atoms with Crippen molar-refractivity contribution in [3.05, 3.63) is 12.7 Å². The van der Waals surface area contributed by atoms with E-state index in [0.717, 1.165) is 0 Å². The SMILES string of the molecule is On1cncn1.[K]. The summed E-state index contributed by atoms with van der Waals surface area (Å²) in [6.07, 6.45) is 2.44. The van der Waals surface area contributed by atoms with Crippen LogP contribution in [0.2, 0.25) is 0 Å². The van der Waals surface area contributed by atoms with Crippen LogP contribution in [0, 0.1) is 0 Å². The minimum absolute atomic E-state index is 0. The number of hydrogen-bond donors (Lipinski definition) is 1. The molecule has 0 bridgehead atoms. The fourth-order valence-electron chi connectivity index (χ4n) is 0.202. The van der Waals surface area contributed by atoms with E-state index in [-0.39, 0.29) is 51.4 Å². The van der Waals surface area contributed by atoms with Gasteiger partial charge in [0.2, 0.25) is 0 Å². The molecular weight excluding hydrogens is 121 g/mol. The minimum Gasteiger partial charge on any atom is -0.410 e. The summed E-state index contributed by atoms with van der Waals surface area (Å²) in [6.45, 7) is 0. The molecule has 0 aliphatic rings. The van der Waals surface area contributed by atoms with Crippen LogP contribution in [0.4, 0.5) is 0 Å². The minimum atomic E-state index is 0. The molecule has 1 rings (SSSR count). The van der Waals surface area contributed by atoms with E-state index >= 15 is 0 Å². The molecule has 1 radical (unpaired) electrons. The molecule has 1 aromatic heterocycles. The second-order valence-electron chi connectivity index (χ2n) is 0.816. The van der Waals surface area contributed by atoms with Gasteiger partial charge >= 0.3 is 0 Å². The van der Waals surface area contributed by atoms with Crippen molar-refractivity contribution in [1.29, 1.82) is 0 Å². The van der Waals surface area contributed by atoms with Gasteiger partial charge in [0.25, 0.3) is 0 Å². The van der Waals surface area contributed by atoms with E-state index in [1.54, 1.807) is 0 Å². The first-order valence-electron chi connectivity index (χ1n) is 1.43. The quantitative estimate of drug-likeness (QED) is 0.361. The van der Waals surface area contributed by atoms with Gasteiger partial charge in [0.1, 0.15) is 6.33 Å². The van der Waals surface area contributed by atoms with Gasteiger partial charge in [-0.25, -0.2) is 4.98 Å². The Morgan fingerprint density at radius 3 is 2.43 bits per heavy atom. The van der Waals surface area contributed by atoms with Gasteiger partial charge in [-0.2, -0.15) is 0 Å². The molecule has 1 aromatic rings. The predicted octanol–water partition coefficient (Wildman–Crippen LogP) is -0.865. The maximum atomic E-state index is 8.22. The molecule has 5 heteroatoms. The zero-order chi connectivity index (χ0) is 4.41. The Kier molecular flexibility index (Phi) is 3.86. The van der Waals surface area contributed by atoms with Crippen molar-refractivity contribution in [1.82, 2.24) is 14.9 Å². The van der Waals surface area contributed by atoms with E-state index in [4.69, 9.17) is 5.21 Å². The van der Waals surface area contributed by atoms with E-state index in [1.165, 1.54) is 12.7 Å². The average molecular weight is 124 g/mol. The summed E-state index contributed by atoms with van der Waals surface area (Å²) in [7, 11) is 0. The van der Waals surface area contributed by atoms with Crippen LogP contribution in [-0.2, 0) is 0 Å². The predicted molar refractivity (Wildman–Crippen MR) is 23.0 cm³/mol. The molecule has 33 valence electrons. The van der Waals surface area contributed by atoms with Crippen molar-refractivity contribution in [2.75, 3.05) is 0 Å². The molecule has 7 heavy (non-hydrogen) atoms. The van der Waals surface area contributed by atoms with E-state index in [9.17, 15) is 0 Å². The average Bonchev–Trinajstić information content (AvgIpc) is 1.86. The summed E-state index contributed by atoms with van der Waals surface area (Å²) in [4.78, 5) is 4.06. The van der Waals surface area contributed by atoms with Gasteiger partial charge in [0, 0.05) is 51.4 Å². The van der Waals surface area contributed by atoms with Crippen LogP contribution in [0.3, 0.4) is 0 Å². The van der Waals surface area contributed by atoms with Gasteiger partial charge in [-0.1, -0.05) is 4.85 Å². The van der Waals surface area contributed by atoms with Gasteiger partial charge < -0.3 is 5.21 Å². The number of nitrogens with zero attached hydrogens (tertiary/aromatic N) is 3. The first kappa shape index (κ1) is 7.58. The maximum Gasteiger partial charge on any atom is 0.155 e. The van der Waals surface area contributed by atoms with Crippen molar-refractivity contribution < 1.29 is 5.21 Å². The molecule has 1 heterocycles. The van der Waals surface area contributed by atoms with Crippen molar-refractivity contribution in [2.24, 2.45) is 0 Å². The molecule has 0 unspecified atom stereocenters. The van der Waals surface area contributed by atoms with E-state index in [1.807, 2.05) is 0 Å². The van der Waals surface area contributed by atoms with Gasteiger partial charge in [-0.15, -0.1) is 5.10 Å². The summed E-state index contributed by atoms with van der Waals surface area (Å²) in [5, 5.41) is 11.5. The Hall–Kier alpha value is 0.576. The molecule has 0 atom stereocenters. The van der Waals surface area contributed by atoms with E-state index < -0.39 is 0 Å². The van der Waals surface area contributed by atoms with Gasteiger partial charge in [-0.05, 0) is 0 Å². The second kappa shape index (κ2) is 3.56. The molecule has 0 aliphatic heterocycles. The molecule has 0 aromatic carbocycles. The van der Waals surface area contributed by atoms with Crippen molar-refractivity contribution in [2.45, 2.75) is 0 Å². The topological polar surface area (TPSA) is 50.9 Å². The Bertz CT molecular complexity index is 116. The summed E-state index contributed by atoms with van der Waals surface area (Å²) in [5.41, 5.74) is 0. The van der Waals surface area contributed by atoms with Crippen molar-refractivity contribution >= 4 is 51.4 Å². The fraction of sp³-hybridized carbons (Fsp3) is 0. The van der Waals surface area contributed by atoms with Gasteiger partial charge in [0.05, 0.1) is 0 Å². The van der Waals surface area contributed by atoms with Crippen LogP contribution in [-0.4, -0.2) is 71.5 Å². The summed E-state index contributed by atoms with van der Waals surface area (Å²) in [5.74, 6) is 0. The zero-order valence-corrected chi connectivity index (χ0v) is 7.07. The Morgan fingerprint density at radius 2 is 2.29 bits per heavy atom. The molecule has 0 fully saturated rings. The summed E-state index contributed by atoms with van der Waals surface area (Å²) >= 11 is 0. The van der Waals surface area contributed by atoms with Gasteiger partial charge in [0.15, 0.2) is 6.33 Å². The zero-order valence-electron chi connectivity index (χ0n) is 3.94. The number of aromatic nitrogens is 3. The molecule has 0 spiro atoms. The standard InChI is InChI=1S/C2H3N3O.K/c6-5-2-3-1-4-5;/h1-2,6H;. The summed E-state index contributed by atoms with van der Waals surface area (Å²) < 4.78 is 0. The van der Waals surface area contributed by atoms with Crippen LogP contribution >= 0.6 is 0 Å². The van der Waals surface area contributed by atoms with Crippen LogP contribution in [0.5, 0.6) is 0 Å². The largest absolute Gasteiger partial charge is 0.410 e. The molecule has 0 saturated heterocycles. The third-order valence-electron chi connectivity index (χ3n) is 0.407. The first-order chi connectivity index (χ1) is 2.89. The molecule has 0 amide bonds. The third-order valence-corrected chi connectivity index (χ3v) is 0.407. The number of hydrogen-bond acceptors (Lipinski definition) is 3. The van der Waals surface area contributed by atoms with Crippen LogP contribution in [0.1, 0.15) is 0 Å². The fourth-order valence-corrected chi connectivity index (χ4v) is 0.202. The molecule has 1 N–H and O–H groups in total. The molecule has 0 saturated carbocycles. The molecule has 0 aliphatic carbocycles. The summed E-state index contributed by atoms with van der Waals surface area (Å²) in [6, 6.07) is 0. The molecular formula is C2H3KN3O. The number of rotatable bonds is 0. The van der Waals surface area contributed by atoms with Crippen LogP contribution in [0.25, 0.3) is 0 Å². The van der Waals surface area contributed by atoms with E-state index in [2.05, 4.69) is 10.1 Å². The molecule has 4 nitrogen and oxygen atoms in total. The second-order valence-corrected chi connectivity index (χ2v) is 0.816. The Balaban J connectivity index is 0.000000360. The Morgan fingerprint density at radius 1 is 1.57 bits per heavy atom. The first-order valence-corrected chi connectivity index (χ1v) is 1.43. The van der Waals surface area contributed by atoms with E-state index in [0.29, 0.717) is 4.85 Å².